The first-order valence-corrected chi connectivity index (χ1v) is 8.99. The molecule has 0 amide bonds. The van der Waals surface area contributed by atoms with Crippen molar-refractivity contribution in [2.45, 2.75) is 4.90 Å². The molecule has 2 aromatic carbocycles. The predicted molar refractivity (Wildman–Crippen MR) is 98.2 cm³/mol. The lowest BCUT2D eigenvalue weighted by molar-refractivity contribution is -0.131. The molecule has 0 saturated carbocycles. The first kappa shape index (κ1) is 19.8. The number of hydrogen-bond acceptors (Lipinski definition) is 6. The number of methoxy groups -OCH3 is 2. The fraction of sp³-hybridized carbons (Fsp3) is 0.111. The van der Waals surface area contributed by atoms with Crippen molar-refractivity contribution in [3.05, 3.63) is 53.6 Å². The van der Waals surface area contributed by atoms with Crippen LogP contribution in [0.3, 0.4) is 0 Å². The number of rotatable bonds is 7. The summed E-state index contributed by atoms with van der Waals surface area (Å²) in [5, 5.41) is 17.7. The lowest BCUT2D eigenvalue weighted by Gasteiger charge is -2.15. The van der Waals surface area contributed by atoms with Crippen molar-refractivity contribution in [1.82, 2.24) is 0 Å². The Morgan fingerprint density at radius 3 is 2.56 bits per heavy atom. The van der Waals surface area contributed by atoms with E-state index in [1.54, 1.807) is 12.1 Å². The highest BCUT2D eigenvalue weighted by molar-refractivity contribution is 7.92. The maximum Gasteiger partial charge on any atom is 0.328 e. The maximum absolute atomic E-state index is 12.9. The SMILES string of the molecule is COc1cc(/C=C/C(=O)O)cc(S(=O)(=O)Nc2cccc(C#N)c2)c1OC. The van der Waals surface area contributed by atoms with E-state index in [-0.39, 0.29) is 27.6 Å². The fourth-order valence-electron chi connectivity index (χ4n) is 2.28. The lowest BCUT2D eigenvalue weighted by Crippen LogP contribution is -2.15. The zero-order valence-corrected chi connectivity index (χ0v) is 15.3. The van der Waals surface area contributed by atoms with Crippen LogP contribution in [-0.4, -0.2) is 33.7 Å². The highest BCUT2D eigenvalue weighted by Gasteiger charge is 2.24. The zero-order chi connectivity index (χ0) is 20.0. The third kappa shape index (κ3) is 4.77. The molecule has 0 aromatic heterocycles. The molecule has 0 spiro atoms. The second-order valence-electron chi connectivity index (χ2n) is 5.22. The van der Waals surface area contributed by atoms with Crippen LogP contribution in [0.4, 0.5) is 5.69 Å². The molecule has 0 heterocycles. The van der Waals surface area contributed by atoms with E-state index in [0.29, 0.717) is 5.56 Å². The quantitative estimate of drug-likeness (QED) is 0.698. The topological polar surface area (TPSA) is 126 Å². The van der Waals surface area contributed by atoms with Gasteiger partial charge < -0.3 is 14.6 Å². The number of nitrogens with zero attached hydrogens (tertiary/aromatic N) is 1. The minimum atomic E-state index is -4.12. The van der Waals surface area contributed by atoms with Gasteiger partial charge in [-0.2, -0.15) is 5.26 Å². The number of aliphatic carboxylic acids is 1. The van der Waals surface area contributed by atoms with Crippen molar-refractivity contribution in [3.63, 3.8) is 0 Å². The monoisotopic (exact) mass is 388 g/mol. The Labute approximate surface area is 156 Å². The highest BCUT2D eigenvalue weighted by Crippen LogP contribution is 2.36. The Bertz CT molecular complexity index is 1040. The summed E-state index contributed by atoms with van der Waals surface area (Å²) in [6, 6.07) is 10.6. The van der Waals surface area contributed by atoms with Crippen LogP contribution in [0.2, 0.25) is 0 Å². The van der Waals surface area contributed by atoms with Gasteiger partial charge in [0, 0.05) is 6.08 Å². The van der Waals surface area contributed by atoms with Crippen molar-refractivity contribution in [2.24, 2.45) is 0 Å². The second kappa shape index (κ2) is 8.25. The van der Waals surface area contributed by atoms with Crippen LogP contribution in [0.15, 0.2) is 47.4 Å². The number of hydrogen-bond donors (Lipinski definition) is 2. The number of anilines is 1. The summed E-state index contributed by atoms with van der Waals surface area (Å²) in [5.74, 6) is -1.09. The molecule has 2 N–H and O–H groups in total. The zero-order valence-electron chi connectivity index (χ0n) is 14.5. The minimum absolute atomic E-state index is 0.0334. The van der Waals surface area contributed by atoms with Crippen LogP contribution in [-0.2, 0) is 14.8 Å². The number of carboxylic acid groups (broad SMARTS) is 1. The molecule has 0 aliphatic rings. The van der Waals surface area contributed by atoms with Crippen LogP contribution in [0, 0.1) is 11.3 Å². The van der Waals surface area contributed by atoms with Crippen molar-refractivity contribution < 1.29 is 27.8 Å². The number of carboxylic acids is 1. The molecular weight excluding hydrogens is 372 g/mol. The van der Waals surface area contributed by atoms with Crippen molar-refractivity contribution in [1.29, 1.82) is 5.26 Å². The smallest absolute Gasteiger partial charge is 0.328 e. The molecule has 8 nitrogen and oxygen atoms in total. The Balaban J connectivity index is 2.57. The number of nitriles is 1. The Kier molecular flexibility index (Phi) is 6.05. The molecular formula is C18H16N2O6S. The van der Waals surface area contributed by atoms with Crippen LogP contribution < -0.4 is 14.2 Å². The normalized spacial score (nSPS) is 11.0. The molecule has 0 saturated heterocycles. The Hall–Kier alpha value is -3.51. The Morgan fingerprint density at radius 1 is 1.22 bits per heavy atom. The summed E-state index contributed by atoms with van der Waals surface area (Å²) in [6.07, 6.45) is 2.11. The van der Waals surface area contributed by atoms with E-state index in [1.807, 2.05) is 6.07 Å². The average molecular weight is 388 g/mol. The fourth-order valence-corrected chi connectivity index (χ4v) is 3.54. The number of sulfonamides is 1. The van der Waals surface area contributed by atoms with Gasteiger partial charge in [-0.15, -0.1) is 0 Å². The first-order chi connectivity index (χ1) is 12.8. The molecule has 0 radical (unpaired) electrons. The van der Waals surface area contributed by atoms with Crippen LogP contribution in [0.1, 0.15) is 11.1 Å². The maximum atomic E-state index is 12.9. The summed E-state index contributed by atoms with van der Waals surface area (Å²) >= 11 is 0. The summed E-state index contributed by atoms with van der Waals surface area (Å²) in [7, 11) is -1.49. The van der Waals surface area contributed by atoms with Gasteiger partial charge in [-0.25, -0.2) is 13.2 Å². The van der Waals surface area contributed by atoms with Gasteiger partial charge in [-0.05, 0) is 42.0 Å². The summed E-state index contributed by atoms with van der Waals surface area (Å²) in [6.45, 7) is 0. The number of carbonyl (C=O) groups is 1. The molecule has 2 aromatic rings. The molecule has 9 heteroatoms. The lowest BCUT2D eigenvalue weighted by atomic mass is 10.2. The van der Waals surface area contributed by atoms with E-state index in [9.17, 15) is 13.2 Å². The summed E-state index contributed by atoms with van der Waals surface area (Å²) in [5.41, 5.74) is 0.778. The number of benzene rings is 2. The van der Waals surface area contributed by atoms with E-state index >= 15 is 0 Å². The molecule has 2 rings (SSSR count). The van der Waals surface area contributed by atoms with Gasteiger partial charge in [0.15, 0.2) is 11.5 Å². The first-order valence-electron chi connectivity index (χ1n) is 7.50. The van der Waals surface area contributed by atoms with Crippen molar-refractivity contribution in [3.8, 4) is 17.6 Å². The van der Waals surface area contributed by atoms with Gasteiger partial charge >= 0.3 is 5.97 Å². The van der Waals surface area contributed by atoms with Crippen LogP contribution in [0.25, 0.3) is 6.08 Å². The number of nitrogens with one attached hydrogen (secondary N) is 1. The van der Waals surface area contributed by atoms with E-state index in [4.69, 9.17) is 19.8 Å². The summed E-state index contributed by atoms with van der Waals surface area (Å²) < 4.78 is 38.5. The third-order valence-electron chi connectivity index (χ3n) is 3.42. The van der Waals surface area contributed by atoms with E-state index < -0.39 is 16.0 Å². The number of ether oxygens (including phenoxy) is 2. The molecule has 0 aliphatic carbocycles. The highest BCUT2D eigenvalue weighted by atomic mass is 32.2. The van der Waals surface area contributed by atoms with E-state index in [2.05, 4.69) is 4.72 Å². The van der Waals surface area contributed by atoms with Gasteiger partial charge in [0.2, 0.25) is 0 Å². The molecule has 0 aliphatic heterocycles. The van der Waals surface area contributed by atoms with E-state index in [1.165, 1.54) is 44.6 Å². The van der Waals surface area contributed by atoms with Crippen LogP contribution >= 0.6 is 0 Å². The molecule has 0 unspecified atom stereocenters. The van der Waals surface area contributed by atoms with Gasteiger partial charge in [0.1, 0.15) is 4.90 Å². The van der Waals surface area contributed by atoms with Gasteiger partial charge in [-0.1, -0.05) is 6.07 Å². The Morgan fingerprint density at radius 2 is 1.96 bits per heavy atom. The van der Waals surface area contributed by atoms with Crippen molar-refractivity contribution in [2.75, 3.05) is 18.9 Å². The molecule has 27 heavy (non-hydrogen) atoms. The second-order valence-corrected chi connectivity index (χ2v) is 6.88. The molecule has 0 fully saturated rings. The average Bonchev–Trinajstić information content (AvgIpc) is 2.65. The van der Waals surface area contributed by atoms with Gasteiger partial charge in [-0.3, -0.25) is 4.72 Å². The van der Waals surface area contributed by atoms with Gasteiger partial charge in [0.25, 0.3) is 10.0 Å². The minimum Gasteiger partial charge on any atom is -0.493 e. The molecule has 0 atom stereocenters. The summed E-state index contributed by atoms with van der Waals surface area (Å²) in [4.78, 5) is 10.5. The third-order valence-corrected chi connectivity index (χ3v) is 4.81. The van der Waals surface area contributed by atoms with Crippen LogP contribution in [0.5, 0.6) is 11.5 Å². The predicted octanol–water partition coefficient (Wildman–Crippen LogP) is 2.47. The van der Waals surface area contributed by atoms with Gasteiger partial charge in [0.05, 0.1) is 31.5 Å². The standard InChI is InChI=1S/C18H16N2O6S/c1-25-15-9-12(6-7-17(21)22)10-16(18(15)26-2)27(23,24)20-14-5-3-4-13(8-14)11-19/h3-10,20H,1-2H3,(H,21,22)/b7-6+. The van der Waals surface area contributed by atoms with Crippen molar-refractivity contribution >= 4 is 27.8 Å². The molecule has 0 bridgehead atoms. The van der Waals surface area contributed by atoms with E-state index in [0.717, 1.165) is 6.08 Å². The molecule has 140 valence electrons. The largest absolute Gasteiger partial charge is 0.493 e.